The van der Waals surface area contributed by atoms with E-state index in [2.05, 4.69) is 24.5 Å². The molecule has 0 unspecified atom stereocenters. The van der Waals surface area contributed by atoms with Gasteiger partial charge in [0.15, 0.2) is 0 Å². The molecule has 0 spiro atoms. The molecule has 0 bridgehead atoms. The molecular weight excluding hydrogens is 212 g/mol. The first-order valence-corrected chi connectivity index (χ1v) is 6.19. The Hall–Kier alpha value is -1.35. The first-order chi connectivity index (χ1) is 8.17. The zero-order valence-corrected chi connectivity index (χ0v) is 10.9. The summed E-state index contributed by atoms with van der Waals surface area (Å²) in [6, 6.07) is 7.89. The van der Waals surface area contributed by atoms with Gasteiger partial charge < -0.3 is 10.6 Å². The normalized spacial score (nSPS) is 12.2. The van der Waals surface area contributed by atoms with Gasteiger partial charge in [-0.05, 0) is 24.6 Å². The molecule has 0 heterocycles. The number of para-hydroxylation sites is 1. The van der Waals surface area contributed by atoms with Crippen LogP contribution in [-0.4, -0.2) is 13.0 Å². The largest absolute Gasteiger partial charge is 0.326 e. The standard InChI is InChI=1S/C14H22N2O/c1-4-11(2)9-14(17)16-13-8-6-5-7-12(13)10-15-3/h5-8,11,15H,4,9-10H2,1-3H3,(H,16,17)/t11-/m0/s1. The third kappa shape index (κ3) is 4.57. The van der Waals surface area contributed by atoms with Crippen LogP contribution in [-0.2, 0) is 11.3 Å². The van der Waals surface area contributed by atoms with Gasteiger partial charge in [-0.25, -0.2) is 0 Å². The number of carbonyl (C=O) groups excluding carboxylic acids is 1. The minimum Gasteiger partial charge on any atom is -0.326 e. The molecule has 1 atom stereocenters. The fourth-order valence-electron chi connectivity index (χ4n) is 1.65. The Morgan fingerprint density at radius 2 is 2.06 bits per heavy atom. The average Bonchev–Trinajstić information content (AvgIpc) is 2.31. The molecule has 0 saturated heterocycles. The van der Waals surface area contributed by atoms with Gasteiger partial charge in [-0.2, -0.15) is 0 Å². The van der Waals surface area contributed by atoms with Gasteiger partial charge in [-0.3, -0.25) is 4.79 Å². The van der Waals surface area contributed by atoms with Crippen molar-refractivity contribution in [1.82, 2.24) is 5.32 Å². The molecule has 1 aromatic carbocycles. The molecule has 1 aromatic rings. The van der Waals surface area contributed by atoms with Crippen LogP contribution in [0.15, 0.2) is 24.3 Å². The predicted molar refractivity (Wildman–Crippen MR) is 71.9 cm³/mol. The molecule has 3 nitrogen and oxygen atoms in total. The highest BCUT2D eigenvalue weighted by Crippen LogP contribution is 2.16. The summed E-state index contributed by atoms with van der Waals surface area (Å²) >= 11 is 0. The fraction of sp³-hybridized carbons (Fsp3) is 0.500. The van der Waals surface area contributed by atoms with Gasteiger partial charge in [-0.15, -0.1) is 0 Å². The van der Waals surface area contributed by atoms with Crippen molar-refractivity contribution in [2.24, 2.45) is 5.92 Å². The maximum Gasteiger partial charge on any atom is 0.224 e. The molecule has 1 rings (SSSR count). The van der Waals surface area contributed by atoms with E-state index in [1.165, 1.54) is 0 Å². The zero-order chi connectivity index (χ0) is 12.7. The molecule has 0 aliphatic heterocycles. The van der Waals surface area contributed by atoms with Crippen molar-refractivity contribution < 1.29 is 4.79 Å². The Balaban J connectivity index is 2.64. The van der Waals surface area contributed by atoms with Crippen LogP contribution in [0.1, 0.15) is 32.3 Å². The van der Waals surface area contributed by atoms with Crippen molar-refractivity contribution in [3.63, 3.8) is 0 Å². The maximum atomic E-state index is 11.8. The first-order valence-electron chi connectivity index (χ1n) is 6.19. The lowest BCUT2D eigenvalue weighted by Gasteiger charge is -2.12. The van der Waals surface area contributed by atoms with Crippen molar-refractivity contribution in [3.05, 3.63) is 29.8 Å². The Bertz CT molecular complexity index is 363. The smallest absolute Gasteiger partial charge is 0.224 e. The highest BCUT2D eigenvalue weighted by atomic mass is 16.1. The van der Waals surface area contributed by atoms with Crippen LogP contribution in [0.5, 0.6) is 0 Å². The summed E-state index contributed by atoms with van der Waals surface area (Å²) in [4.78, 5) is 11.8. The SMILES string of the molecule is CC[C@H](C)CC(=O)Nc1ccccc1CNC. The summed E-state index contributed by atoms with van der Waals surface area (Å²) in [6.07, 6.45) is 1.62. The molecule has 2 N–H and O–H groups in total. The summed E-state index contributed by atoms with van der Waals surface area (Å²) in [5.74, 6) is 0.536. The van der Waals surface area contributed by atoms with Gasteiger partial charge in [0.25, 0.3) is 0 Å². The van der Waals surface area contributed by atoms with Crippen molar-refractivity contribution in [2.45, 2.75) is 33.2 Å². The van der Waals surface area contributed by atoms with Crippen LogP contribution < -0.4 is 10.6 Å². The number of nitrogens with one attached hydrogen (secondary N) is 2. The van der Waals surface area contributed by atoms with E-state index in [1.54, 1.807) is 0 Å². The third-order valence-electron chi connectivity index (χ3n) is 2.89. The Kier molecular flexibility index (Phi) is 5.70. The van der Waals surface area contributed by atoms with Crippen molar-refractivity contribution in [1.29, 1.82) is 0 Å². The lowest BCUT2D eigenvalue weighted by Crippen LogP contribution is -2.17. The fourth-order valence-corrected chi connectivity index (χ4v) is 1.65. The summed E-state index contributed by atoms with van der Waals surface area (Å²) in [5, 5.41) is 6.08. The second kappa shape index (κ2) is 7.07. The highest BCUT2D eigenvalue weighted by Gasteiger charge is 2.09. The summed E-state index contributed by atoms with van der Waals surface area (Å²) in [6.45, 7) is 4.96. The second-order valence-corrected chi connectivity index (χ2v) is 4.45. The average molecular weight is 234 g/mol. The molecule has 1 amide bonds. The summed E-state index contributed by atoms with van der Waals surface area (Å²) < 4.78 is 0. The van der Waals surface area contributed by atoms with E-state index in [0.717, 1.165) is 24.2 Å². The Morgan fingerprint density at radius 3 is 2.71 bits per heavy atom. The molecular formula is C14H22N2O. The first kappa shape index (κ1) is 13.7. The van der Waals surface area contributed by atoms with Gasteiger partial charge in [0.2, 0.25) is 5.91 Å². The van der Waals surface area contributed by atoms with Gasteiger partial charge in [-0.1, -0.05) is 38.5 Å². The number of hydrogen-bond acceptors (Lipinski definition) is 2. The van der Waals surface area contributed by atoms with Crippen LogP contribution >= 0.6 is 0 Å². The molecule has 0 saturated carbocycles. The van der Waals surface area contributed by atoms with E-state index in [4.69, 9.17) is 0 Å². The molecule has 3 heteroatoms. The zero-order valence-electron chi connectivity index (χ0n) is 10.9. The number of carbonyl (C=O) groups is 1. The van der Waals surface area contributed by atoms with Crippen LogP contribution in [0, 0.1) is 5.92 Å². The van der Waals surface area contributed by atoms with Crippen molar-refractivity contribution in [2.75, 3.05) is 12.4 Å². The van der Waals surface area contributed by atoms with Crippen molar-refractivity contribution in [3.8, 4) is 0 Å². The van der Waals surface area contributed by atoms with Crippen LogP contribution in [0.25, 0.3) is 0 Å². The van der Waals surface area contributed by atoms with E-state index in [9.17, 15) is 4.79 Å². The molecule has 0 aliphatic carbocycles. The number of rotatable bonds is 6. The lowest BCUT2D eigenvalue weighted by atomic mass is 10.0. The Labute approximate surface area is 104 Å². The molecule has 94 valence electrons. The maximum absolute atomic E-state index is 11.8. The number of amides is 1. The topological polar surface area (TPSA) is 41.1 Å². The number of benzene rings is 1. The van der Waals surface area contributed by atoms with Crippen LogP contribution in [0.4, 0.5) is 5.69 Å². The Morgan fingerprint density at radius 1 is 1.35 bits per heavy atom. The van der Waals surface area contributed by atoms with Gasteiger partial charge in [0, 0.05) is 18.7 Å². The second-order valence-electron chi connectivity index (χ2n) is 4.45. The summed E-state index contributed by atoms with van der Waals surface area (Å²) in [5.41, 5.74) is 2.03. The van der Waals surface area contributed by atoms with E-state index in [-0.39, 0.29) is 5.91 Å². The number of hydrogen-bond donors (Lipinski definition) is 2. The number of anilines is 1. The van der Waals surface area contributed by atoms with E-state index >= 15 is 0 Å². The predicted octanol–water partition coefficient (Wildman–Crippen LogP) is 2.78. The molecule has 0 aliphatic rings. The summed E-state index contributed by atoms with van der Waals surface area (Å²) in [7, 11) is 1.90. The minimum atomic E-state index is 0.0999. The highest BCUT2D eigenvalue weighted by molar-refractivity contribution is 5.91. The molecule has 17 heavy (non-hydrogen) atoms. The van der Waals surface area contributed by atoms with E-state index < -0.39 is 0 Å². The van der Waals surface area contributed by atoms with Gasteiger partial charge >= 0.3 is 0 Å². The quantitative estimate of drug-likeness (QED) is 0.794. The van der Waals surface area contributed by atoms with Crippen LogP contribution in [0.3, 0.4) is 0 Å². The monoisotopic (exact) mass is 234 g/mol. The van der Waals surface area contributed by atoms with E-state index in [0.29, 0.717) is 12.3 Å². The van der Waals surface area contributed by atoms with Gasteiger partial charge in [0.1, 0.15) is 0 Å². The van der Waals surface area contributed by atoms with Crippen LogP contribution in [0.2, 0.25) is 0 Å². The molecule has 0 radical (unpaired) electrons. The lowest BCUT2D eigenvalue weighted by molar-refractivity contribution is -0.117. The minimum absolute atomic E-state index is 0.0999. The van der Waals surface area contributed by atoms with E-state index in [1.807, 2.05) is 31.3 Å². The van der Waals surface area contributed by atoms with Crippen molar-refractivity contribution >= 4 is 11.6 Å². The molecule has 0 aromatic heterocycles. The van der Waals surface area contributed by atoms with Gasteiger partial charge in [0.05, 0.1) is 0 Å². The third-order valence-corrected chi connectivity index (χ3v) is 2.89. The molecule has 0 fully saturated rings.